The van der Waals surface area contributed by atoms with Gasteiger partial charge in [0.2, 0.25) is 0 Å². The maximum atomic E-state index is 13.1. The second-order valence-electron chi connectivity index (χ2n) is 12.9. The minimum atomic E-state index is -0.559. The smallest absolute Gasteiger partial charge is 0.411 e. The first-order valence-corrected chi connectivity index (χ1v) is 16.7. The molecule has 0 radical (unpaired) electrons. The number of hydrogen-bond donors (Lipinski definition) is 4. The lowest BCUT2D eigenvalue weighted by Gasteiger charge is -2.30. The number of hydrogen-bond acceptors (Lipinski definition) is 7. The molecule has 1 fully saturated rings. The van der Waals surface area contributed by atoms with Crippen molar-refractivity contribution in [3.8, 4) is 16.9 Å². The van der Waals surface area contributed by atoms with Crippen LogP contribution in [0.1, 0.15) is 80.8 Å². The summed E-state index contributed by atoms with van der Waals surface area (Å²) in [5.74, 6) is 0.0899. The highest BCUT2D eigenvalue weighted by atomic mass is 35.5. The molecule has 4 N–H and O–H groups in total. The van der Waals surface area contributed by atoms with E-state index in [1.165, 1.54) is 19.2 Å². The van der Waals surface area contributed by atoms with E-state index in [1.54, 1.807) is 0 Å². The summed E-state index contributed by atoms with van der Waals surface area (Å²) >= 11 is 6.27. The van der Waals surface area contributed by atoms with Crippen LogP contribution < -0.4 is 20.7 Å². The first-order valence-electron chi connectivity index (χ1n) is 16.4. The van der Waals surface area contributed by atoms with Crippen LogP contribution in [0.2, 0.25) is 5.02 Å². The third kappa shape index (κ3) is 10.9. The van der Waals surface area contributed by atoms with E-state index in [0.717, 1.165) is 36.0 Å². The Morgan fingerprint density at radius 2 is 1.67 bits per heavy atom. The SMILES string of the molecule is COc1cc(C(=O)NCCCCc2ccc(-c3ccccc3)c(NC(=O)OC3CCC(NC(=O)OC(C)(C)C)CC3)c2)c(Cl)cc1CO. The number of carbonyl (C=O) groups is 3. The Balaban J connectivity index is 1.30. The number of aliphatic hydroxyl groups excluding tert-OH is 1. The molecule has 0 saturated heterocycles. The standard InChI is InChI=1S/C37H46ClN3O7/c1-37(2,3)48-36(45)40-27-14-16-28(17-15-27)47-35(44)41-32-20-24(13-18-29(32)25-11-6-5-7-12-25)10-8-9-19-39-34(43)30-22-33(46-4)26(23-42)21-31(30)38/h5-7,11-13,18,20-22,27-28,42H,8-10,14-17,19,23H2,1-4H3,(H,39,43)(H,40,45)(H,41,44). The number of amides is 3. The van der Waals surface area contributed by atoms with Crippen LogP contribution in [0.25, 0.3) is 11.1 Å². The van der Waals surface area contributed by atoms with Gasteiger partial charge in [0.15, 0.2) is 0 Å². The highest BCUT2D eigenvalue weighted by Crippen LogP contribution is 2.31. The minimum absolute atomic E-state index is 0.0165. The Bertz CT molecular complexity index is 1550. The van der Waals surface area contributed by atoms with Crippen molar-refractivity contribution in [3.63, 3.8) is 0 Å². The molecule has 258 valence electrons. The van der Waals surface area contributed by atoms with Gasteiger partial charge in [-0.3, -0.25) is 10.1 Å². The number of aryl methyl sites for hydroxylation is 1. The van der Waals surface area contributed by atoms with Gasteiger partial charge in [-0.25, -0.2) is 9.59 Å². The molecule has 1 aliphatic carbocycles. The van der Waals surface area contributed by atoms with Crippen LogP contribution in [0.15, 0.2) is 60.7 Å². The molecule has 0 aromatic heterocycles. The van der Waals surface area contributed by atoms with Crippen LogP contribution in [0.5, 0.6) is 5.75 Å². The second-order valence-corrected chi connectivity index (χ2v) is 13.3. The summed E-state index contributed by atoms with van der Waals surface area (Å²) in [4.78, 5) is 38.0. The molecule has 3 amide bonds. The Morgan fingerprint density at radius 3 is 2.33 bits per heavy atom. The van der Waals surface area contributed by atoms with Gasteiger partial charge in [0.1, 0.15) is 17.5 Å². The molecule has 3 aromatic rings. The van der Waals surface area contributed by atoms with E-state index in [0.29, 0.717) is 49.2 Å². The summed E-state index contributed by atoms with van der Waals surface area (Å²) in [5.41, 5.74) is 3.79. The first-order chi connectivity index (χ1) is 23.0. The maximum Gasteiger partial charge on any atom is 0.411 e. The predicted octanol–water partition coefficient (Wildman–Crippen LogP) is 7.65. The lowest BCUT2D eigenvalue weighted by atomic mass is 9.93. The largest absolute Gasteiger partial charge is 0.496 e. The fourth-order valence-corrected chi connectivity index (χ4v) is 5.92. The number of methoxy groups -OCH3 is 1. The van der Waals surface area contributed by atoms with Crippen molar-refractivity contribution in [1.82, 2.24) is 10.6 Å². The van der Waals surface area contributed by atoms with Crippen molar-refractivity contribution >= 4 is 35.4 Å². The van der Waals surface area contributed by atoms with E-state index in [-0.39, 0.29) is 35.2 Å². The average Bonchev–Trinajstić information content (AvgIpc) is 3.04. The molecule has 3 aromatic carbocycles. The van der Waals surface area contributed by atoms with Gasteiger partial charge >= 0.3 is 12.2 Å². The number of halogens is 1. The third-order valence-corrected chi connectivity index (χ3v) is 8.35. The molecule has 4 rings (SSSR count). The zero-order valence-corrected chi connectivity index (χ0v) is 28.8. The van der Waals surface area contributed by atoms with Crippen LogP contribution in [0.3, 0.4) is 0 Å². The minimum Gasteiger partial charge on any atom is -0.496 e. The number of unbranched alkanes of at least 4 members (excludes halogenated alkanes) is 1. The lowest BCUT2D eigenvalue weighted by Crippen LogP contribution is -2.42. The molecule has 0 bridgehead atoms. The molecular weight excluding hydrogens is 634 g/mol. The zero-order chi connectivity index (χ0) is 34.7. The molecule has 0 unspecified atom stereocenters. The number of alkyl carbamates (subject to hydrolysis) is 1. The highest BCUT2D eigenvalue weighted by molar-refractivity contribution is 6.34. The van der Waals surface area contributed by atoms with Crippen LogP contribution in [-0.2, 0) is 22.5 Å². The molecular formula is C37H46ClN3O7. The number of benzene rings is 3. The van der Waals surface area contributed by atoms with E-state index in [4.69, 9.17) is 25.8 Å². The molecule has 11 heteroatoms. The van der Waals surface area contributed by atoms with Crippen molar-refractivity contribution in [1.29, 1.82) is 0 Å². The summed E-state index contributed by atoms with van der Waals surface area (Å²) in [7, 11) is 1.47. The summed E-state index contributed by atoms with van der Waals surface area (Å²) in [6.07, 6.45) is 3.75. The van der Waals surface area contributed by atoms with E-state index < -0.39 is 17.8 Å². The number of rotatable bonds is 12. The van der Waals surface area contributed by atoms with Gasteiger partial charge in [-0.05, 0) is 95.0 Å². The lowest BCUT2D eigenvalue weighted by molar-refractivity contribution is 0.0440. The fourth-order valence-electron chi connectivity index (χ4n) is 5.64. The van der Waals surface area contributed by atoms with Crippen molar-refractivity contribution in [2.24, 2.45) is 0 Å². The van der Waals surface area contributed by atoms with Crippen molar-refractivity contribution in [2.75, 3.05) is 19.0 Å². The molecule has 1 aliphatic rings. The number of nitrogens with one attached hydrogen (secondary N) is 3. The number of anilines is 1. The third-order valence-electron chi connectivity index (χ3n) is 8.04. The predicted molar refractivity (Wildman–Crippen MR) is 187 cm³/mol. The van der Waals surface area contributed by atoms with E-state index in [2.05, 4.69) is 16.0 Å². The molecule has 0 heterocycles. The molecule has 0 atom stereocenters. The van der Waals surface area contributed by atoms with E-state index >= 15 is 0 Å². The number of aliphatic hydroxyl groups is 1. The molecule has 1 saturated carbocycles. The van der Waals surface area contributed by atoms with Crippen molar-refractivity contribution < 1.29 is 33.7 Å². The van der Waals surface area contributed by atoms with Crippen molar-refractivity contribution in [2.45, 2.75) is 90.1 Å². The Hall–Kier alpha value is -4.28. The Morgan fingerprint density at radius 1 is 0.938 bits per heavy atom. The highest BCUT2D eigenvalue weighted by Gasteiger charge is 2.27. The Labute approximate surface area is 287 Å². The average molecular weight is 680 g/mol. The molecule has 0 spiro atoms. The van der Waals surface area contributed by atoms with Crippen LogP contribution in [-0.4, -0.2) is 54.6 Å². The molecule has 48 heavy (non-hydrogen) atoms. The maximum absolute atomic E-state index is 13.1. The number of ether oxygens (including phenoxy) is 3. The first kappa shape index (κ1) is 36.6. The van der Waals surface area contributed by atoms with Crippen LogP contribution in [0, 0.1) is 0 Å². The zero-order valence-electron chi connectivity index (χ0n) is 28.1. The summed E-state index contributed by atoms with van der Waals surface area (Å²) in [5, 5.41) is 18.5. The van der Waals surface area contributed by atoms with Gasteiger partial charge < -0.3 is 30.0 Å². The van der Waals surface area contributed by atoms with Gasteiger partial charge in [0.05, 0.1) is 30.0 Å². The topological polar surface area (TPSA) is 135 Å². The van der Waals surface area contributed by atoms with Gasteiger partial charge in [0.25, 0.3) is 5.91 Å². The van der Waals surface area contributed by atoms with Gasteiger partial charge in [-0.2, -0.15) is 0 Å². The Kier molecular flexibility index (Phi) is 13.1. The van der Waals surface area contributed by atoms with Crippen LogP contribution in [0.4, 0.5) is 15.3 Å². The van der Waals surface area contributed by atoms with Crippen molar-refractivity contribution in [3.05, 3.63) is 82.4 Å². The van der Waals surface area contributed by atoms with Gasteiger partial charge in [-0.15, -0.1) is 0 Å². The van der Waals surface area contributed by atoms with Crippen LogP contribution >= 0.6 is 11.6 Å². The monoisotopic (exact) mass is 679 g/mol. The van der Waals surface area contributed by atoms with Gasteiger partial charge in [-0.1, -0.05) is 54.1 Å². The number of carbonyl (C=O) groups excluding carboxylic acids is 3. The summed E-state index contributed by atoms with van der Waals surface area (Å²) < 4.78 is 16.4. The van der Waals surface area contributed by atoms with Gasteiger partial charge in [0, 0.05) is 23.7 Å². The second kappa shape index (κ2) is 17.2. The molecule has 0 aliphatic heterocycles. The molecule has 10 nitrogen and oxygen atoms in total. The normalized spacial score (nSPS) is 16.0. The van der Waals surface area contributed by atoms with E-state index in [1.807, 2.05) is 69.3 Å². The summed E-state index contributed by atoms with van der Waals surface area (Å²) in [6, 6.07) is 18.9. The van der Waals surface area contributed by atoms with E-state index in [9.17, 15) is 19.5 Å². The fraction of sp³-hybridized carbons (Fsp3) is 0.432. The quantitative estimate of drug-likeness (QED) is 0.144. The summed E-state index contributed by atoms with van der Waals surface area (Å²) in [6.45, 7) is 5.69.